The molecule has 0 aromatic carbocycles. The van der Waals surface area contributed by atoms with Gasteiger partial charge in [0.2, 0.25) is 0 Å². The fourth-order valence-corrected chi connectivity index (χ4v) is 3.56. The zero-order chi connectivity index (χ0) is 15.0. The van der Waals surface area contributed by atoms with E-state index >= 15 is 0 Å². The molecule has 0 amide bonds. The van der Waals surface area contributed by atoms with E-state index in [1.807, 2.05) is 0 Å². The van der Waals surface area contributed by atoms with Gasteiger partial charge >= 0.3 is 6.18 Å². The summed E-state index contributed by atoms with van der Waals surface area (Å²) in [5.74, 6) is 0.824. The number of nitrogens with zero attached hydrogens (tertiary/aromatic N) is 3. The molecule has 1 N–H and O–H groups in total. The minimum absolute atomic E-state index is 0.125. The molecule has 1 unspecified atom stereocenters. The summed E-state index contributed by atoms with van der Waals surface area (Å²) in [5, 5.41) is 12.0. The van der Waals surface area contributed by atoms with Crippen molar-refractivity contribution in [3.63, 3.8) is 0 Å². The lowest BCUT2D eigenvalue weighted by Gasteiger charge is -2.31. The summed E-state index contributed by atoms with van der Waals surface area (Å²) < 4.78 is 40.3. The van der Waals surface area contributed by atoms with Crippen LogP contribution in [0.1, 0.15) is 62.6 Å². The Morgan fingerprint density at radius 3 is 2.43 bits per heavy atom. The van der Waals surface area contributed by atoms with Crippen molar-refractivity contribution in [2.75, 3.05) is 6.54 Å². The second-order valence-corrected chi connectivity index (χ2v) is 6.07. The SMILES string of the molecule is CCC1NCCn2c(C3CCC(C(F)(F)F)CC3)nnc21. The van der Waals surface area contributed by atoms with Crippen LogP contribution in [0.3, 0.4) is 0 Å². The fraction of sp³-hybridized carbons (Fsp3) is 0.857. The van der Waals surface area contributed by atoms with Gasteiger partial charge in [0.05, 0.1) is 12.0 Å². The van der Waals surface area contributed by atoms with Crippen molar-refractivity contribution in [2.24, 2.45) is 5.92 Å². The minimum atomic E-state index is -4.05. The van der Waals surface area contributed by atoms with Crippen molar-refractivity contribution in [1.29, 1.82) is 0 Å². The molecule has 4 nitrogen and oxygen atoms in total. The summed E-state index contributed by atoms with van der Waals surface area (Å²) in [6, 6.07) is 0.214. The fourth-order valence-electron chi connectivity index (χ4n) is 3.56. The van der Waals surface area contributed by atoms with Gasteiger partial charge in [0.1, 0.15) is 11.6 Å². The Morgan fingerprint density at radius 2 is 1.81 bits per heavy atom. The first-order valence-corrected chi connectivity index (χ1v) is 7.73. The van der Waals surface area contributed by atoms with Gasteiger partial charge in [0, 0.05) is 19.0 Å². The van der Waals surface area contributed by atoms with Gasteiger partial charge in [-0.1, -0.05) is 6.92 Å². The van der Waals surface area contributed by atoms with Gasteiger partial charge in [-0.25, -0.2) is 0 Å². The van der Waals surface area contributed by atoms with Crippen molar-refractivity contribution in [3.8, 4) is 0 Å². The second kappa shape index (κ2) is 5.59. The molecule has 1 aliphatic heterocycles. The summed E-state index contributed by atoms with van der Waals surface area (Å²) >= 11 is 0. The average Bonchev–Trinajstić information content (AvgIpc) is 2.90. The van der Waals surface area contributed by atoms with Gasteiger partial charge in [-0.2, -0.15) is 13.2 Å². The molecule has 2 aliphatic rings. The Labute approximate surface area is 122 Å². The predicted octanol–water partition coefficient (Wildman–Crippen LogP) is 3.17. The molecule has 1 fully saturated rings. The molecule has 1 aliphatic carbocycles. The van der Waals surface area contributed by atoms with E-state index in [-0.39, 0.29) is 24.8 Å². The Kier molecular flexibility index (Phi) is 3.94. The zero-order valence-corrected chi connectivity index (χ0v) is 12.2. The smallest absolute Gasteiger partial charge is 0.312 e. The highest BCUT2D eigenvalue weighted by molar-refractivity contribution is 5.09. The van der Waals surface area contributed by atoms with Crippen LogP contribution in [0.2, 0.25) is 0 Å². The first kappa shape index (κ1) is 14.8. The number of halogens is 3. The van der Waals surface area contributed by atoms with Crippen LogP contribution in [0.4, 0.5) is 13.2 Å². The maximum absolute atomic E-state index is 12.7. The summed E-state index contributed by atoms with van der Waals surface area (Å²) in [5.41, 5.74) is 0. The Balaban J connectivity index is 1.73. The molecule has 0 bridgehead atoms. The maximum atomic E-state index is 12.7. The van der Waals surface area contributed by atoms with Crippen LogP contribution in [-0.2, 0) is 6.54 Å². The lowest BCUT2D eigenvalue weighted by molar-refractivity contribution is -0.182. The molecule has 0 radical (unpaired) electrons. The molecular formula is C14H21F3N4. The molecule has 7 heteroatoms. The van der Waals surface area contributed by atoms with Gasteiger partial charge < -0.3 is 9.88 Å². The quantitative estimate of drug-likeness (QED) is 0.912. The highest BCUT2D eigenvalue weighted by atomic mass is 19.4. The van der Waals surface area contributed by atoms with Crippen LogP contribution in [0.15, 0.2) is 0 Å². The van der Waals surface area contributed by atoms with Crippen LogP contribution in [0, 0.1) is 5.92 Å². The average molecular weight is 302 g/mol. The first-order chi connectivity index (χ1) is 10.0. The van der Waals surface area contributed by atoms with Crippen molar-refractivity contribution in [1.82, 2.24) is 20.1 Å². The molecule has 2 heterocycles. The predicted molar refractivity (Wildman–Crippen MR) is 71.8 cm³/mol. The topological polar surface area (TPSA) is 42.7 Å². The highest BCUT2D eigenvalue weighted by Crippen LogP contribution is 2.42. The van der Waals surface area contributed by atoms with Gasteiger partial charge in [-0.05, 0) is 32.1 Å². The molecule has 21 heavy (non-hydrogen) atoms. The van der Waals surface area contributed by atoms with Gasteiger partial charge in [0.15, 0.2) is 0 Å². The molecule has 0 spiro atoms. The summed E-state index contributed by atoms with van der Waals surface area (Å²) in [6.07, 6.45) is -1.55. The number of hydrogen-bond acceptors (Lipinski definition) is 3. The van der Waals surface area contributed by atoms with E-state index in [9.17, 15) is 13.2 Å². The number of aromatic nitrogens is 3. The van der Waals surface area contributed by atoms with E-state index in [1.165, 1.54) is 0 Å². The van der Waals surface area contributed by atoms with Crippen LogP contribution in [-0.4, -0.2) is 27.5 Å². The van der Waals surface area contributed by atoms with Gasteiger partial charge in [-0.3, -0.25) is 0 Å². The number of fused-ring (bicyclic) bond motifs is 1. The van der Waals surface area contributed by atoms with E-state index in [2.05, 4.69) is 27.0 Å². The summed E-state index contributed by atoms with van der Waals surface area (Å²) in [7, 11) is 0. The lowest BCUT2D eigenvalue weighted by Crippen LogP contribution is -2.34. The van der Waals surface area contributed by atoms with E-state index in [0.717, 1.165) is 31.2 Å². The maximum Gasteiger partial charge on any atom is 0.391 e. The van der Waals surface area contributed by atoms with E-state index in [1.54, 1.807) is 0 Å². The molecule has 1 aromatic heterocycles. The minimum Gasteiger partial charge on any atom is -0.312 e. The van der Waals surface area contributed by atoms with Gasteiger partial charge in [0.25, 0.3) is 0 Å². The molecule has 0 saturated heterocycles. The largest absolute Gasteiger partial charge is 0.391 e. The van der Waals surface area contributed by atoms with Crippen LogP contribution < -0.4 is 5.32 Å². The zero-order valence-electron chi connectivity index (χ0n) is 12.2. The molecule has 1 aromatic rings. The molecule has 1 saturated carbocycles. The second-order valence-electron chi connectivity index (χ2n) is 6.07. The molecule has 118 valence electrons. The van der Waals surface area contributed by atoms with Gasteiger partial charge in [-0.15, -0.1) is 10.2 Å². The van der Waals surface area contributed by atoms with Crippen LogP contribution >= 0.6 is 0 Å². The highest BCUT2D eigenvalue weighted by Gasteiger charge is 2.42. The molecule has 1 atom stereocenters. The van der Waals surface area contributed by atoms with Crippen LogP contribution in [0.5, 0.6) is 0 Å². The van der Waals surface area contributed by atoms with Crippen molar-refractivity contribution in [3.05, 3.63) is 11.6 Å². The van der Waals surface area contributed by atoms with Crippen molar-refractivity contribution < 1.29 is 13.2 Å². The molecular weight excluding hydrogens is 281 g/mol. The lowest BCUT2D eigenvalue weighted by atomic mass is 9.81. The Morgan fingerprint density at radius 1 is 1.14 bits per heavy atom. The summed E-state index contributed by atoms with van der Waals surface area (Å²) in [6.45, 7) is 3.78. The van der Waals surface area contributed by atoms with E-state index in [0.29, 0.717) is 12.8 Å². The number of nitrogens with one attached hydrogen (secondary N) is 1. The van der Waals surface area contributed by atoms with E-state index < -0.39 is 12.1 Å². The Hall–Kier alpha value is -1.11. The number of alkyl halides is 3. The third-order valence-electron chi connectivity index (χ3n) is 4.81. The third kappa shape index (κ3) is 2.80. The summed E-state index contributed by atoms with van der Waals surface area (Å²) in [4.78, 5) is 0. The Bertz CT molecular complexity index is 489. The van der Waals surface area contributed by atoms with Crippen molar-refractivity contribution >= 4 is 0 Å². The first-order valence-electron chi connectivity index (χ1n) is 7.73. The number of hydrogen-bond donors (Lipinski definition) is 1. The normalized spacial score (nSPS) is 30.2. The molecule has 3 rings (SSSR count). The third-order valence-corrected chi connectivity index (χ3v) is 4.81. The standard InChI is InChI=1S/C14H21F3N4/c1-2-11-13-20-19-12(21(13)8-7-18-11)9-3-5-10(6-4-9)14(15,16)17/h9-11,18H,2-8H2,1H3. The van der Waals surface area contributed by atoms with Crippen molar-refractivity contribution in [2.45, 2.75) is 63.7 Å². The van der Waals surface area contributed by atoms with Crippen LogP contribution in [0.25, 0.3) is 0 Å². The monoisotopic (exact) mass is 302 g/mol. The number of rotatable bonds is 2. The van der Waals surface area contributed by atoms with E-state index in [4.69, 9.17) is 0 Å².